The van der Waals surface area contributed by atoms with E-state index in [0.29, 0.717) is 18.1 Å². The van der Waals surface area contributed by atoms with E-state index in [1.165, 1.54) is 0 Å². The lowest BCUT2D eigenvalue weighted by Crippen LogP contribution is -2.31. The molecule has 0 bridgehead atoms. The van der Waals surface area contributed by atoms with Gasteiger partial charge >= 0.3 is 0 Å². The molecule has 1 aliphatic rings. The number of hydrogen-bond acceptors (Lipinski definition) is 6. The Balaban J connectivity index is 1.71. The van der Waals surface area contributed by atoms with E-state index in [1.54, 1.807) is 16.9 Å². The minimum atomic E-state index is -0.0829. The zero-order valence-corrected chi connectivity index (χ0v) is 15.9. The molecule has 0 radical (unpaired) electrons. The Morgan fingerprint density at radius 1 is 1.26 bits per heavy atom. The Morgan fingerprint density at radius 2 is 2.07 bits per heavy atom. The fourth-order valence-corrected chi connectivity index (χ4v) is 3.73. The van der Waals surface area contributed by atoms with Crippen LogP contribution in [0.1, 0.15) is 52.3 Å². The van der Waals surface area contributed by atoms with Crippen LogP contribution in [-0.4, -0.2) is 42.3 Å². The number of aryl methyl sites for hydroxylation is 4. The zero-order valence-electron chi connectivity index (χ0n) is 15.9. The minimum absolute atomic E-state index is 0.0618. The zero-order chi connectivity index (χ0) is 19.1. The Bertz CT molecular complexity index is 986. The van der Waals surface area contributed by atoms with Crippen LogP contribution in [0.15, 0.2) is 22.9 Å². The molecule has 27 heavy (non-hydrogen) atoms. The van der Waals surface area contributed by atoms with E-state index < -0.39 is 0 Å². The molecule has 8 heteroatoms. The third-order valence-corrected chi connectivity index (χ3v) is 4.94. The van der Waals surface area contributed by atoms with Crippen molar-refractivity contribution in [2.75, 3.05) is 6.54 Å². The Labute approximate surface area is 157 Å². The Hall–Kier alpha value is -3.03. The van der Waals surface area contributed by atoms with Crippen LogP contribution in [0, 0.1) is 20.8 Å². The van der Waals surface area contributed by atoms with Gasteiger partial charge in [0.25, 0.3) is 5.91 Å². The molecule has 1 fully saturated rings. The largest absolute Gasteiger partial charge is 0.361 e. The van der Waals surface area contributed by atoms with Gasteiger partial charge in [-0.15, -0.1) is 0 Å². The molecule has 0 aliphatic carbocycles. The summed E-state index contributed by atoms with van der Waals surface area (Å²) in [5.74, 6) is 1.33. The summed E-state index contributed by atoms with van der Waals surface area (Å²) < 4.78 is 6.93. The van der Waals surface area contributed by atoms with Crippen molar-refractivity contribution in [3.8, 4) is 11.3 Å². The highest BCUT2D eigenvalue weighted by Crippen LogP contribution is 2.34. The summed E-state index contributed by atoms with van der Waals surface area (Å²) in [7, 11) is 1.81. The van der Waals surface area contributed by atoms with E-state index >= 15 is 0 Å². The van der Waals surface area contributed by atoms with Crippen molar-refractivity contribution < 1.29 is 9.32 Å². The Morgan fingerprint density at radius 3 is 2.74 bits per heavy atom. The normalized spacial score (nSPS) is 16.9. The number of carbonyl (C=O) groups is 1. The number of rotatable bonds is 3. The smallest absolute Gasteiger partial charge is 0.274 e. The summed E-state index contributed by atoms with van der Waals surface area (Å²) in [6.07, 6.45) is 3.59. The highest BCUT2D eigenvalue weighted by molar-refractivity contribution is 5.92. The van der Waals surface area contributed by atoms with Crippen LogP contribution < -0.4 is 0 Å². The van der Waals surface area contributed by atoms with Crippen LogP contribution in [0.25, 0.3) is 11.3 Å². The summed E-state index contributed by atoms with van der Waals surface area (Å²) in [5.41, 5.74) is 3.78. The lowest BCUT2D eigenvalue weighted by Gasteiger charge is -2.24. The van der Waals surface area contributed by atoms with Gasteiger partial charge < -0.3 is 9.42 Å². The fraction of sp³-hybridized carbons (Fsp3) is 0.421. The van der Waals surface area contributed by atoms with Crippen LogP contribution in [0.2, 0.25) is 0 Å². The van der Waals surface area contributed by atoms with Crippen molar-refractivity contribution in [3.63, 3.8) is 0 Å². The monoisotopic (exact) mass is 366 g/mol. The van der Waals surface area contributed by atoms with Gasteiger partial charge in [0.1, 0.15) is 17.3 Å². The van der Waals surface area contributed by atoms with Crippen LogP contribution in [-0.2, 0) is 7.05 Å². The molecule has 3 aromatic heterocycles. The quantitative estimate of drug-likeness (QED) is 0.708. The van der Waals surface area contributed by atoms with Crippen molar-refractivity contribution in [1.29, 1.82) is 0 Å². The second-order valence-electron chi connectivity index (χ2n) is 6.96. The first-order valence-corrected chi connectivity index (χ1v) is 9.03. The maximum atomic E-state index is 12.9. The second kappa shape index (κ2) is 6.61. The third kappa shape index (κ3) is 3.11. The van der Waals surface area contributed by atoms with Crippen molar-refractivity contribution in [2.24, 2.45) is 7.05 Å². The predicted octanol–water partition coefficient (Wildman–Crippen LogP) is 2.77. The molecule has 3 aromatic rings. The molecular weight excluding hydrogens is 344 g/mol. The molecule has 4 rings (SSSR count). The highest BCUT2D eigenvalue weighted by Gasteiger charge is 2.33. The topological polar surface area (TPSA) is 89.9 Å². The average molecular weight is 366 g/mol. The van der Waals surface area contributed by atoms with Gasteiger partial charge in [-0.1, -0.05) is 5.16 Å². The second-order valence-corrected chi connectivity index (χ2v) is 6.96. The lowest BCUT2D eigenvalue weighted by atomic mass is 10.1. The summed E-state index contributed by atoms with van der Waals surface area (Å²) in [6, 6.07) is 3.62. The van der Waals surface area contributed by atoms with Gasteiger partial charge in [0.05, 0.1) is 28.7 Å². The molecule has 0 saturated carbocycles. The van der Waals surface area contributed by atoms with E-state index in [0.717, 1.165) is 41.2 Å². The molecule has 8 nitrogen and oxygen atoms in total. The van der Waals surface area contributed by atoms with E-state index in [9.17, 15) is 4.79 Å². The molecule has 0 N–H and O–H groups in total. The molecule has 1 atom stereocenters. The van der Waals surface area contributed by atoms with Gasteiger partial charge in [-0.05, 0) is 45.7 Å². The Kier molecular flexibility index (Phi) is 4.25. The summed E-state index contributed by atoms with van der Waals surface area (Å²) in [6.45, 7) is 6.34. The number of amides is 1. The number of aromatic nitrogens is 5. The third-order valence-electron chi connectivity index (χ3n) is 4.94. The van der Waals surface area contributed by atoms with Crippen molar-refractivity contribution in [1.82, 2.24) is 29.8 Å². The SMILES string of the molecule is Cc1nc(-c2c(C)noc2C)cc([C@@H]2CCCN2C(=O)c2ccn(C)n2)n1. The van der Waals surface area contributed by atoms with E-state index in [-0.39, 0.29) is 11.9 Å². The predicted molar refractivity (Wildman–Crippen MR) is 98.0 cm³/mol. The first kappa shape index (κ1) is 17.4. The van der Waals surface area contributed by atoms with Crippen molar-refractivity contribution in [2.45, 2.75) is 39.7 Å². The highest BCUT2D eigenvalue weighted by atomic mass is 16.5. The first-order chi connectivity index (χ1) is 12.9. The van der Waals surface area contributed by atoms with Gasteiger partial charge in [0.15, 0.2) is 0 Å². The molecule has 1 amide bonds. The van der Waals surface area contributed by atoms with Gasteiger partial charge in [-0.25, -0.2) is 9.97 Å². The van der Waals surface area contributed by atoms with E-state index in [2.05, 4.69) is 20.2 Å². The van der Waals surface area contributed by atoms with Gasteiger partial charge in [0.2, 0.25) is 0 Å². The number of hydrogen-bond donors (Lipinski definition) is 0. The van der Waals surface area contributed by atoms with Crippen LogP contribution in [0.5, 0.6) is 0 Å². The van der Waals surface area contributed by atoms with Crippen LogP contribution in [0.4, 0.5) is 0 Å². The lowest BCUT2D eigenvalue weighted by molar-refractivity contribution is 0.0726. The van der Waals surface area contributed by atoms with Gasteiger partial charge in [-0.3, -0.25) is 9.48 Å². The van der Waals surface area contributed by atoms with Gasteiger partial charge in [0, 0.05) is 19.8 Å². The number of nitrogens with zero attached hydrogens (tertiary/aromatic N) is 6. The summed E-state index contributed by atoms with van der Waals surface area (Å²) in [5, 5.41) is 8.28. The first-order valence-electron chi connectivity index (χ1n) is 9.03. The number of likely N-dealkylation sites (tertiary alicyclic amines) is 1. The van der Waals surface area contributed by atoms with Crippen LogP contribution >= 0.6 is 0 Å². The molecule has 1 saturated heterocycles. The number of carbonyl (C=O) groups excluding carboxylic acids is 1. The van der Waals surface area contributed by atoms with Gasteiger partial charge in [-0.2, -0.15) is 5.10 Å². The van der Waals surface area contributed by atoms with E-state index in [4.69, 9.17) is 4.52 Å². The average Bonchev–Trinajstić information content (AvgIpc) is 3.34. The van der Waals surface area contributed by atoms with Crippen LogP contribution in [0.3, 0.4) is 0 Å². The maximum Gasteiger partial charge on any atom is 0.274 e. The molecule has 0 spiro atoms. The molecule has 4 heterocycles. The van der Waals surface area contributed by atoms with Crippen molar-refractivity contribution in [3.05, 3.63) is 47.0 Å². The maximum absolute atomic E-state index is 12.9. The molecule has 0 aromatic carbocycles. The fourth-order valence-electron chi connectivity index (χ4n) is 3.73. The molecule has 140 valence electrons. The molecular formula is C19H22N6O2. The summed E-state index contributed by atoms with van der Waals surface area (Å²) >= 11 is 0. The van der Waals surface area contributed by atoms with E-state index in [1.807, 2.05) is 38.8 Å². The van der Waals surface area contributed by atoms with Crippen molar-refractivity contribution >= 4 is 5.91 Å². The molecule has 0 unspecified atom stereocenters. The molecule has 1 aliphatic heterocycles. The standard InChI is InChI=1S/C19H22N6O2/c1-11-18(12(2)27-23-11)16-10-15(20-13(3)21-16)17-6-5-8-25(17)19(26)14-7-9-24(4)22-14/h7,9-10,17H,5-6,8H2,1-4H3/t17-/m0/s1. The summed E-state index contributed by atoms with van der Waals surface area (Å²) in [4.78, 5) is 24.0. The minimum Gasteiger partial charge on any atom is -0.361 e.